The second kappa shape index (κ2) is 7.60. The van der Waals surface area contributed by atoms with Gasteiger partial charge in [0.1, 0.15) is 15.2 Å². The number of pyridine rings is 1. The summed E-state index contributed by atoms with van der Waals surface area (Å²) in [6, 6.07) is 1.14. The lowest BCUT2D eigenvalue weighted by Crippen LogP contribution is -2.43. The summed E-state index contributed by atoms with van der Waals surface area (Å²) in [6.45, 7) is 1.49. The predicted octanol–water partition coefficient (Wildman–Crippen LogP) is 2.90. The van der Waals surface area contributed by atoms with Gasteiger partial charge in [0, 0.05) is 32.1 Å². The van der Waals surface area contributed by atoms with Gasteiger partial charge in [-0.25, -0.2) is 31.3 Å². The van der Waals surface area contributed by atoms with Gasteiger partial charge in [0.2, 0.25) is 10.0 Å². The van der Waals surface area contributed by atoms with Gasteiger partial charge in [-0.3, -0.25) is 4.79 Å². The first-order valence-corrected chi connectivity index (χ1v) is 9.78. The van der Waals surface area contributed by atoms with Crippen LogP contribution in [-0.4, -0.2) is 35.8 Å². The van der Waals surface area contributed by atoms with E-state index in [2.05, 4.69) is 26.2 Å². The number of hydrogen-bond acceptors (Lipinski definition) is 4. The van der Waals surface area contributed by atoms with Crippen LogP contribution < -0.4 is 10.0 Å². The molecule has 2 aromatic heterocycles. The highest BCUT2D eigenvalue weighted by Gasteiger charge is 2.36. The molecule has 0 saturated heterocycles. The fraction of sp³-hybridized carbons (Fsp3) is 0.333. The molecule has 2 N–H and O–H groups in total. The number of amides is 1. The van der Waals surface area contributed by atoms with Gasteiger partial charge in [0.15, 0.2) is 5.82 Å². The molecule has 0 saturated carbocycles. The van der Waals surface area contributed by atoms with Crippen LogP contribution >= 0.6 is 15.9 Å². The Kier molecular flexibility index (Phi) is 6.02. The number of alkyl halides is 2. The molecular weight excluding hydrogens is 453 g/mol. The summed E-state index contributed by atoms with van der Waals surface area (Å²) in [6.07, 6.45) is 2.24. The number of aromatic nitrogens is 2. The van der Waals surface area contributed by atoms with Crippen LogP contribution in [0.1, 0.15) is 24.3 Å². The Morgan fingerprint density at radius 3 is 2.59 bits per heavy atom. The molecule has 148 valence electrons. The van der Waals surface area contributed by atoms with Gasteiger partial charge in [0.05, 0.1) is 6.04 Å². The average Bonchev–Trinajstić information content (AvgIpc) is 2.81. The van der Waals surface area contributed by atoms with Crippen molar-refractivity contribution in [2.45, 2.75) is 30.7 Å². The Morgan fingerprint density at radius 2 is 2.04 bits per heavy atom. The van der Waals surface area contributed by atoms with Crippen LogP contribution in [0.4, 0.5) is 18.9 Å². The highest BCUT2D eigenvalue weighted by Crippen LogP contribution is 2.24. The number of anilines is 1. The molecule has 0 aliphatic rings. The van der Waals surface area contributed by atoms with Crippen LogP contribution in [0.3, 0.4) is 0 Å². The molecule has 0 aliphatic carbocycles. The molecule has 0 aromatic carbocycles. The van der Waals surface area contributed by atoms with Crippen molar-refractivity contribution in [3.8, 4) is 0 Å². The first-order chi connectivity index (χ1) is 12.3. The lowest BCUT2D eigenvalue weighted by atomic mass is 10.2. The summed E-state index contributed by atoms with van der Waals surface area (Å²) in [4.78, 5) is 15.3. The summed E-state index contributed by atoms with van der Waals surface area (Å²) in [7, 11) is -3.35. The van der Waals surface area contributed by atoms with Crippen molar-refractivity contribution in [2.75, 3.05) is 5.32 Å². The van der Waals surface area contributed by atoms with Crippen molar-refractivity contribution in [1.29, 1.82) is 0 Å². The van der Waals surface area contributed by atoms with Gasteiger partial charge in [0.25, 0.3) is 11.8 Å². The van der Waals surface area contributed by atoms with Crippen LogP contribution in [0.25, 0.3) is 0 Å². The van der Waals surface area contributed by atoms with E-state index in [0.717, 1.165) is 17.7 Å². The lowest BCUT2D eigenvalue weighted by Gasteiger charge is -2.20. The SMILES string of the molecule is CC(NS(=O)(=O)c1cn(C)c(C(=O)Nc2ccnc(Br)c2)c1F)C(C)(F)F. The highest BCUT2D eigenvalue weighted by atomic mass is 79.9. The Labute approximate surface area is 162 Å². The fourth-order valence-electron chi connectivity index (χ4n) is 2.09. The zero-order valence-corrected chi connectivity index (χ0v) is 16.8. The molecule has 2 heterocycles. The van der Waals surface area contributed by atoms with Gasteiger partial charge >= 0.3 is 0 Å². The normalized spacial score (nSPS) is 13.4. The number of carbonyl (C=O) groups excluding carboxylic acids is 1. The highest BCUT2D eigenvalue weighted by molar-refractivity contribution is 9.10. The van der Waals surface area contributed by atoms with Crippen molar-refractivity contribution >= 4 is 37.5 Å². The van der Waals surface area contributed by atoms with Crippen LogP contribution in [0.5, 0.6) is 0 Å². The predicted molar refractivity (Wildman–Crippen MR) is 95.7 cm³/mol. The molecule has 1 amide bonds. The maximum Gasteiger partial charge on any atom is 0.275 e. The zero-order valence-electron chi connectivity index (χ0n) is 14.4. The van der Waals surface area contributed by atoms with E-state index in [1.54, 1.807) is 4.72 Å². The summed E-state index contributed by atoms with van der Waals surface area (Å²) >= 11 is 3.12. The van der Waals surface area contributed by atoms with Crippen molar-refractivity contribution in [3.63, 3.8) is 0 Å². The van der Waals surface area contributed by atoms with Gasteiger partial charge < -0.3 is 9.88 Å². The number of aryl methyl sites for hydroxylation is 1. The van der Waals surface area contributed by atoms with Crippen LogP contribution in [0.2, 0.25) is 0 Å². The van der Waals surface area contributed by atoms with E-state index in [0.29, 0.717) is 17.2 Å². The van der Waals surface area contributed by atoms with Crippen LogP contribution in [0.15, 0.2) is 34.0 Å². The van der Waals surface area contributed by atoms with E-state index < -0.39 is 44.3 Å². The van der Waals surface area contributed by atoms with E-state index >= 15 is 0 Å². The lowest BCUT2D eigenvalue weighted by molar-refractivity contribution is -0.00490. The average molecular weight is 469 g/mol. The smallest absolute Gasteiger partial charge is 0.275 e. The van der Waals surface area contributed by atoms with Crippen molar-refractivity contribution < 1.29 is 26.4 Å². The second-order valence-electron chi connectivity index (χ2n) is 5.89. The molecule has 1 atom stereocenters. The van der Waals surface area contributed by atoms with Gasteiger partial charge in [-0.05, 0) is 35.0 Å². The van der Waals surface area contributed by atoms with E-state index in [4.69, 9.17) is 0 Å². The Balaban J connectivity index is 2.34. The van der Waals surface area contributed by atoms with E-state index in [1.165, 1.54) is 25.4 Å². The van der Waals surface area contributed by atoms with Gasteiger partial charge in [-0.2, -0.15) is 0 Å². The third-order valence-electron chi connectivity index (χ3n) is 3.67. The molecule has 2 aromatic rings. The molecule has 27 heavy (non-hydrogen) atoms. The maximum absolute atomic E-state index is 14.7. The molecule has 2 rings (SSSR count). The molecule has 0 aliphatic heterocycles. The monoisotopic (exact) mass is 468 g/mol. The topological polar surface area (TPSA) is 93.1 Å². The van der Waals surface area contributed by atoms with Crippen molar-refractivity contribution in [3.05, 3.63) is 40.6 Å². The second-order valence-corrected chi connectivity index (χ2v) is 8.38. The molecule has 1 unspecified atom stereocenters. The molecule has 0 radical (unpaired) electrons. The fourth-order valence-corrected chi connectivity index (χ4v) is 3.88. The minimum atomic E-state index is -4.61. The van der Waals surface area contributed by atoms with Crippen LogP contribution in [0, 0.1) is 5.82 Å². The molecule has 0 spiro atoms. The first kappa shape index (κ1) is 21.4. The Morgan fingerprint density at radius 1 is 1.41 bits per heavy atom. The standard InChI is InChI=1S/C15H16BrF3N4O3S/c1-8(15(2,18)19)22-27(25,26)10-7-23(3)13(12(10)17)14(24)21-9-4-5-20-11(16)6-9/h4-8,22H,1-3H3,(H,20,21,24). The summed E-state index contributed by atoms with van der Waals surface area (Å²) in [5.74, 6) is -5.61. The number of carbonyl (C=O) groups is 1. The number of halogens is 4. The molecule has 7 nitrogen and oxygen atoms in total. The number of nitrogens with zero attached hydrogens (tertiary/aromatic N) is 2. The third kappa shape index (κ3) is 4.87. The van der Waals surface area contributed by atoms with E-state index in [1.807, 2.05) is 0 Å². The number of rotatable bonds is 6. The van der Waals surface area contributed by atoms with E-state index in [9.17, 15) is 26.4 Å². The number of sulfonamides is 1. The summed E-state index contributed by atoms with van der Waals surface area (Å²) in [5.41, 5.74) is -0.275. The number of nitrogens with one attached hydrogen (secondary N) is 2. The Hall–Kier alpha value is -1.92. The maximum atomic E-state index is 14.7. The van der Waals surface area contributed by atoms with Gasteiger partial charge in [-0.1, -0.05) is 0 Å². The van der Waals surface area contributed by atoms with Crippen molar-refractivity contribution in [1.82, 2.24) is 14.3 Å². The molecule has 12 heteroatoms. The van der Waals surface area contributed by atoms with Gasteiger partial charge in [-0.15, -0.1) is 0 Å². The zero-order chi connectivity index (χ0) is 20.6. The third-order valence-corrected chi connectivity index (χ3v) is 5.63. The largest absolute Gasteiger partial charge is 0.343 e. The molecular formula is C15H16BrF3N4O3S. The summed E-state index contributed by atoms with van der Waals surface area (Å²) < 4.78 is 68.8. The number of hydrogen-bond donors (Lipinski definition) is 2. The first-order valence-electron chi connectivity index (χ1n) is 7.51. The Bertz CT molecular complexity index is 973. The quantitative estimate of drug-likeness (QED) is 0.637. The molecule has 0 fully saturated rings. The molecule has 0 bridgehead atoms. The van der Waals surface area contributed by atoms with E-state index in [-0.39, 0.29) is 0 Å². The minimum absolute atomic E-state index is 0.296. The van der Waals surface area contributed by atoms with Crippen LogP contribution in [-0.2, 0) is 17.1 Å². The minimum Gasteiger partial charge on any atom is -0.343 e. The summed E-state index contributed by atoms with van der Waals surface area (Å²) in [5, 5.41) is 2.41. The van der Waals surface area contributed by atoms with Crippen molar-refractivity contribution in [2.24, 2.45) is 7.05 Å².